The zero-order chi connectivity index (χ0) is 18.7. The van der Waals surface area contributed by atoms with Gasteiger partial charge in [0.1, 0.15) is 5.82 Å². The highest BCUT2D eigenvalue weighted by Gasteiger charge is 2.34. The molecule has 0 unspecified atom stereocenters. The van der Waals surface area contributed by atoms with Gasteiger partial charge in [0, 0.05) is 0 Å². The summed E-state index contributed by atoms with van der Waals surface area (Å²) in [6.45, 7) is 0. The Morgan fingerprint density at radius 1 is 1.00 bits per heavy atom. The van der Waals surface area contributed by atoms with Gasteiger partial charge in [0.2, 0.25) is 5.91 Å². The molecule has 0 atom stereocenters. The van der Waals surface area contributed by atoms with Crippen molar-refractivity contribution in [1.82, 2.24) is 20.8 Å². The maximum absolute atomic E-state index is 12.9. The van der Waals surface area contributed by atoms with Gasteiger partial charge < -0.3 is 4.98 Å². The smallest absolute Gasteiger partial charge is 0.342 e. The van der Waals surface area contributed by atoms with Gasteiger partial charge in [-0.1, -0.05) is 24.3 Å². The van der Waals surface area contributed by atoms with Crippen molar-refractivity contribution in [2.24, 2.45) is 0 Å². The number of amides is 2. The Morgan fingerprint density at radius 2 is 1.69 bits per heavy atom. The Morgan fingerprint density at radius 3 is 2.42 bits per heavy atom. The number of aromatic nitrogens is 2. The number of hydrogen-bond acceptors (Lipinski definition) is 3. The second kappa shape index (κ2) is 6.87. The fourth-order valence-electron chi connectivity index (χ4n) is 2.41. The van der Waals surface area contributed by atoms with E-state index >= 15 is 0 Å². The minimum absolute atomic E-state index is 0.171. The normalized spacial score (nSPS) is 11.3. The molecule has 3 rings (SSSR count). The maximum atomic E-state index is 12.9. The predicted molar refractivity (Wildman–Crippen MR) is 86.9 cm³/mol. The molecule has 0 bridgehead atoms. The number of fused-ring (bicyclic) bond motifs is 1. The van der Waals surface area contributed by atoms with E-state index in [4.69, 9.17) is 0 Å². The van der Waals surface area contributed by atoms with Crippen molar-refractivity contribution < 1.29 is 22.8 Å². The van der Waals surface area contributed by atoms with Crippen LogP contribution in [0.25, 0.3) is 11.0 Å². The van der Waals surface area contributed by atoms with Crippen molar-refractivity contribution >= 4 is 22.8 Å². The van der Waals surface area contributed by atoms with Crippen LogP contribution in [0.15, 0.2) is 48.5 Å². The van der Waals surface area contributed by atoms with Crippen LogP contribution in [0.3, 0.4) is 0 Å². The molecule has 134 valence electrons. The molecule has 1 heterocycles. The van der Waals surface area contributed by atoms with Gasteiger partial charge >= 0.3 is 6.18 Å². The molecule has 3 N–H and O–H groups in total. The molecule has 0 aliphatic carbocycles. The minimum atomic E-state index is -4.67. The maximum Gasteiger partial charge on any atom is 0.417 e. The Bertz CT molecular complexity index is 933. The number of rotatable bonds is 3. The number of hydrazine groups is 1. The molecule has 0 saturated carbocycles. The van der Waals surface area contributed by atoms with Gasteiger partial charge in [0.15, 0.2) is 0 Å². The highest BCUT2D eigenvalue weighted by atomic mass is 19.4. The Hall–Kier alpha value is -3.36. The van der Waals surface area contributed by atoms with E-state index in [1.807, 2.05) is 11.5 Å². The van der Waals surface area contributed by atoms with Crippen molar-refractivity contribution in [1.29, 1.82) is 0 Å². The molecule has 1 aromatic heterocycles. The van der Waals surface area contributed by atoms with E-state index in [0.717, 1.165) is 17.6 Å². The standard InChI is InChI=1S/C17H13F3N4O2/c18-17(19,20)11-6-2-1-5-10(11)16(26)24-23-15(25)9-14-21-12-7-3-4-8-13(12)22-14/h1-8H,9H2,(H,21,22)(H,23,25)(H,24,26). The number of halogens is 3. The first-order valence-electron chi connectivity index (χ1n) is 7.53. The van der Waals surface area contributed by atoms with Crippen molar-refractivity contribution in [2.45, 2.75) is 12.6 Å². The number of benzene rings is 2. The summed E-state index contributed by atoms with van der Waals surface area (Å²) in [5.74, 6) is -1.31. The number of aromatic amines is 1. The minimum Gasteiger partial charge on any atom is -0.342 e. The monoisotopic (exact) mass is 362 g/mol. The second-order valence-corrected chi connectivity index (χ2v) is 5.42. The van der Waals surface area contributed by atoms with Crippen LogP contribution in [0.2, 0.25) is 0 Å². The van der Waals surface area contributed by atoms with Gasteiger partial charge in [-0.25, -0.2) is 4.98 Å². The molecule has 26 heavy (non-hydrogen) atoms. The van der Waals surface area contributed by atoms with Crippen LogP contribution in [0.1, 0.15) is 21.7 Å². The van der Waals surface area contributed by atoms with E-state index in [-0.39, 0.29) is 6.42 Å². The number of imidazole rings is 1. The lowest BCUT2D eigenvalue weighted by Gasteiger charge is -2.12. The molecule has 0 radical (unpaired) electrons. The van der Waals surface area contributed by atoms with Crippen LogP contribution in [0.5, 0.6) is 0 Å². The van der Waals surface area contributed by atoms with E-state index < -0.39 is 29.1 Å². The summed E-state index contributed by atoms with van der Waals surface area (Å²) in [5.41, 5.74) is 3.84. The van der Waals surface area contributed by atoms with E-state index in [1.165, 1.54) is 12.1 Å². The largest absolute Gasteiger partial charge is 0.417 e. The number of H-pyrrole nitrogens is 1. The fourth-order valence-corrected chi connectivity index (χ4v) is 2.41. The van der Waals surface area contributed by atoms with Crippen molar-refractivity contribution in [2.75, 3.05) is 0 Å². The number of nitrogens with zero attached hydrogens (tertiary/aromatic N) is 1. The zero-order valence-electron chi connectivity index (χ0n) is 13.2. The Balaban J connectivity index is 1.63. The van der Waals surface area contributed by atoms with Gasteiger partial charge in [-0.2, -0.15) is 13.2 Å². The van der Waals surface area contributed by atoms with Gasteiger partial charge in [0.05, 0.1) is 28.6 Å². The average Bonchev–Trinajstić information content (AvgIpc) is 3.01. The summed E-state index contributed by atoms with van der Waals surface area (Å²) in [4.78, 5) is 31.0. The van der Waals surface area contributed by atoms with Gasteiger partial charge in [-0.05, 0) is 24.3 Å². The first-order valence-corrected chi connectivity index (χ1v) is 7.53. The summed E-state index contributed by atoms with van der Waals surface area (Å²) < 4.78 is 38.8. The lowest BCUT2D eigenvalue weighted by molar-refractivity contribution is -0.137. The summed E-state index contributed by atoms with van der Waals surface area (Å²) in [6, 6.07) is 11.5. The number of alkyl halides is 3. The Kier molecular flexibility index (Phi) is 4.61. The van der Waals surface area contributed by atoms with E-state index in [9.17, 15) is 22.8 Å². The molecular formula is C17H13F3N4O2. The summed E-state index contributed by atoms with van der Waals surface area (Å²) in [5, 5.41) is 0. The number of para-hydroxylation sites is 2. The third kappa shape index (κ3) is 3.82. The first-order chi connectivity index (χ1) is 12.3. The third-order valence-electron chi connectivity index (χ3n) is 3.56. The van der Waals surface area contributed by atoms with Crippen LogP contribution in [0, 0.1) is 0 Å². The topological polar surface area (TPSA) is 86.9 Å². The quantitative estimate of drug-likeness (QED) is 0.626. The molecule has 6 nitrogen and oxygen atoms in total. The fraction of sp³-hybridized carbons (Fsp3) is 0.118. The van der Waals surface area contributed by atoms with Crippen LogP contribution >= 0.6 is 0 Å². The van der Waals surface area contributed by atoms with Gasteiger partial charge in [-0.15, -0.1) is 0 Å². The average molecular weight is 362 g/mol. The van der Waals surface area contributed by atoms with Crippen molar-refractivity contribution in [3.63, 3.8) is 0 Å². The van der Waals surface area contributed by atoms with Crippen molar-refractivity contribution in [3.8, 4) is 0 Å². The highest BCUT2D eigenvalue weighted by molar-refractivity contribution is 5.97. The van der Waals surface area contributed by atoms with Crippen LogP contribution in [-0.2, 0) is 17.4 Å². The van der Waals surface area contributed by atoms with Crippen LogP contribution in [0.4, 0.5) is 13.2 Å². The summed E-state index contributed by atoms with van der Waals surface area (Å²) in [6.07, 6.45) is -4.85. The van der Waals surface area contributed by atoms with E-state index in [0.29, 0.717) is 11.3 Å². The van der Waals surface area contributed by atoms with Crippen LogP contribution in [-0.4, -0.2) is 21.8 Å². The number of carbonyl (C=O) groups excluding carboxylic acids is 2. The third-order valence-corrected chi connectivity index (χ3v) is 3.56. The molecule has 2 aromatic carbocycles. The van der Waals surface area contributed by atoms with Gasteiger partial charge in [-0.3, -0.25) is 20.4 Å². The molecule has 0 aliphatic heterocycles. The lowest BCUT2D eigenvalue weighted by atomic mass is 10.1. The molecule has 0 aliphatic rings. The SMILES string of the molecule is O=C(Cc1nc2ccccc2[nH]1)NNC(=O)c1ccccc1C(F)(F)F. The molecule has 0 saturated heterocycles. The highest BCUT2D eigenvalue weighted by Crippen LogP contribution is 2.31. The number of nitrogens with one attached hydrogen (secondary N) is 3. The number of hydrogen-bond donors (Lipinski definition) is 3. The summed E-state index contributed by atoms with van der Waals surface area (Å²) in [7, 11) is 0. The molecule has 0 spiro atoms. The molecule has 9 heteroatoms. The van der Waals surface area contributed by atoms with E-state index in [2.05, 4.69) is 15.4 Å². The van der Waals surface area contributed by atoms with E-state index in [1.54, 1.807) is 18.2 Å². The first kappa shape index (κ1) is 17.5. The second-order valence-electron chi connectivity index (χ2n) is 5.42. The van der Waals surface area contributed by atoms with Gasteiger partial charge in [0.25, 0.3) is 5.91 Å². The zero-order valence-corrected chi connectivity index (χ0v) is 13.2. The predicted octanol–water partition coefficient (Wildman–Crippen LogP) is 2.59. The van der Waals surface area contributed by atoms with Crippen LogP contribution < -0.4 is 10.9 Å². The molecule has 3 aromatic rings. The Labute approximate surface area is 145 Å². The molecule has 2 amide bonds. The van der Waals surface area contributed by atoms with Crippen molar-refractivity contribution in [3.05, 3.63) is 65.5 Å². The lowest BCUT2D eigenvalue weighted by Crippen LogP contribution is -2.43. The number of carbonyl (C=O) groups is 2. The molecular weight excluding hydrogens is 349 g/mol. The summed E-state index contributed by atoms with van der Waals surface area (Å²) >= 11 is 0. The molecule has 0 fully saturated rings.